The number of benzene rings is 1. The fourth-order valence-corrected chi connectivity index (χ4v) is 3.12. The van der Waals surface area contributed by atoms with E-state index in [2.05, 4.69) is 15.1 Å². The summed E-state index contributed by atoms with van der Waals surface area (Å²) in [6, 6.07) is 11.5. The van der Waals surface area contributed by atoms with Crippen molar-refractivity contribution >= 4 is 11.9 Å². The summed E-state index contributed by atoms with van der Waals surface area (Å²) < 4.78 is 17.5. The maximum atomic E-state index is 12.4. The van der Waals surface area contributed by atoms with Crippen molar-refractivity contribution in [2.24, 2.45) is 0 Å². The Labute approximate surface area is 167 Å². The van der Waals surface area contributed by atoms with Crippen LogP contribution in [0, 0.1) is 0 Å². The molecule has 0 unspecified atom stereocenters. The van der Waals surface area contributed by atoms with Crippen molar-refractivity contribution in [1.82, 2.24) is 19.7 Å². The van der Waals surface area contributed by atoms with Gasteiger partial charge in [-0.3, -0.25) is 0 Å². The topological polar surface area (TPSA) is 91.6 Å². The predicted octanol–water partition coefficient (Wildman–Crippen LogP) is 1.96. The molecule has 29 heavy (non-hydrogen) atoms. The lowest BCUT2D eigenvalue weighted by atomic mass is 10.2. The van der Waals surface area contributed by atoms with Gasteiger partial charge in [-0.05, 0) is 18.2 Å². The summed E-state index contributed by atoms with van der Waals surface area (Å²) in [5.74, 6) is 0.0495. The van der Waals surface area contributed by atoms with E-state index in [9.17, 15) is 4.79 Å². The van der Waals surface area contributed by atoms with Gasteiger partial charge in [0.05, 0.1) is 33.1 Å². The third-order valence-corrected chi connectivity index (χ3v) is 4.58. The zero-order valence-corrected chi connectivity index (χ0v) is 16.2. The number of hydrogen-bond donors (Lipinski definition) is 0. The van der Waals surface area contributed by atoms with Crippen LogP contribution in [-0.2, 0) is 9.47 Å². The minimum absolute atomic E-state index is 0.0655. The Bertz CT molecular complexity index is 999. The van der Waals surface area contributed by atoms with Crippen molar-refractivity contribution in [2.75, 3.05) is 45.4 Å². The van der Waals surface area contributed by atoms with E-state index < -0.39 is 5.97 Å². The monoisotopic (exact) mass is 395 g/mol. The number of esters is 1. The Morgan fingerprint density at radius 3 is 2.52 bits per heavy atom. The van der Waals surface area contributed by atoms with E-state index in [-0.39, 0.29) is 11.4 Å². The molecule has 0 spiro atoms. The van der Waals surface area contributed by atoms with E-state index in [0.29, 0.717) is 43.6 Å². The number of para-hydroxylation sites is 1. The van der Waals surface area contributed by atoms with Gasteiger partial charge in [0.15, 0.2) is 11.4 Å². The van der Waals surface area contributed by atoms with Crippen LogP contribution in [0.15, 0.2) is 42.6 Å². The van der Waals surface area contributed by atoms with Gasteiger partial charge in [0.2, 0.25) is 5.95 Å². The molecule has 0 aliphatic carbocycles. The number of morpholine rings is 1. The average Bonchev–Trinajstić information content (AvgIpc) is 3.29. The van der Waals surface area contributed by atoms with Crippen LogP contribution in [0.3, 0.4) is 0 Å². The summed E-state index contributed by atoms with van der Waals surface area (Å²) in [7, 11) is 2.78. The molecule has 1 saturated heterocycles. The normalized spacial score (nSPS) is 13.9. The van der Waals surface area contributed by atoms with E-state index in [1.807, 2.05) is 47.5 Å². The Balaban J connectivity index is 1.82. The molecule has 0 radical (unpaired) electrons. The summed E-state index contributed by atoms with van der Waals surface area (Å²) in [6.45, 7) is 2.40. The zero-order chi connectivity index (χ0) is 20.2. The highest BCUT2D eigenvalue weighted by atomic mass is 16.5. The summed E-state index contributed by atoms with van der Waals surface area (Å²) in [4.78, 5) is 23.4. The number of ether oxygens (including phenoxy) is 3. The van der Waals surface area contributed by atoms with Crippen molar-refractivity contribution < 1.29 is 19.0 Å². The molecule has 2 aromatic heterocycles. The highest BCUT2D eigenvalue weighted by Gasteiger charge is 2.26. The summed E-state index contributed by atoms with van der Waals surface area (Å²) in [6.07, 6.45) is 1.83. The molecule has 3 aromatic rings. The van der Waals surface area contributed by atoms with Gasteiger partial charge >= 0.3 is 5.97 Å². The fourth-order valence-electron chi connectivity index (χ4n) is 3.12. The Kier molecular flexibility index (Phi) is 5.39. The number of rotatable bonds is 5. The van der Waals surface area contributed by atoms with Gasteiger partial charge in [0.1, 0.15) is 11.4 Å². The summed E-state index contributed by atoms with van der Waals surface area (Å²) in [5.41, 5.74) is 1.97. The van der Waals surface area contributed by atoms with Gasteiger partial charge in [-0.25, -0.2) is 19.4 Å². The molecule has 9 heteroatoms. The maximum Gasteiger partial charge on any atom is 0.360 e. The minimum atomic E-state index is -0.595. The fraction of sp³-hybridized carbons (Fsp3) is 0.300. The molecule has 0 saturated carbocycles. The van der Waals surface area contributed by atoms with E-state index in [1.165, 1.54) is 14.2 Å². The molecular weight excluding hydrogens is 374 g/mol. The maximum absolute atomic E-state index is 12.4. The second kappa shape index (κ2) is 8.27. The minimum Gasteiger partial charge on any atom is -0.492 e. The smallest absolute Gasteiger partial charge is 0.360 e. The van der Waals surface area contributed by atoms with Crippen LogP contribution in [0.5, 0.6) is 5.75 Å². The lowest BCUT2D eigenvalue weighted by Gasteiger charge is -2.27. The Morgan fingerprint density at radius 2 is 1.83 bits per heavy atom. The van der Waals surface area contributed by atoms with Gasteiger partial charge in [-0.1, -0.05) is 18.2 Å². The molecule has 4 rings (SSSR count). The standard InChI is InChI=1S/C20H21N5O4/c1-27-18-16(15-8-9-25(23-15)14-6-4-3-5-7-14)21-20(22-17(18)19(26)28-2)24-10-12-29-13-11-24/h3-9H,10-13H2,1-2H3. The van der Waals surface area contributed by atoms with Crippen molar-refractivity contribution in [3.63, 3.8) is 0 Å². The second-order valence-corrected chi connectivity index (χ2v) is 6.33. The molecule has 1 fully saturated rings. The molecule has 1 aliphatic heterocycles. The first-order chi connectivity index (χ1) is 14.2. The van der Waals surface area contributed by atoms with Crippen LogP contribution >= 0.6 is 0 Å². The molecule has 0 atom stereocenters. The van der Waals surface area contributed by atoms with Crippen LogP contribution in [-0.4, -0.2) is 66.2 Å². The third kappa shape index (κ3) is 3.77. The van der Waals surface area contributed by atoms with Gasteiger partial charge < -0.3 is 19.1 Å². The predicted molar refractivity (Wildman–Crippen MR) is 106 cm³/mol. The zero-order valence-electron chi connectivity index (χ0n) is 16.2. The molecule has 0 bridgehead atoms. The number of methoxy groups -OCH3 is 2. The number of hydrogen-bond acceptors (Lipinski definition) is 8. The number of carbonyl (C=O) groups is 1. The van der Waals surface area contributed by atoms with Gasteiger partial charge in [-0.2, -0.15) is 5.10 Å². The Morgan fingerprint density at radius 1 is 1.07 bits per heavy atom. The number of anilines is 1. The average molecular weight is 395 g/mol. The lowest BCUT2D eigenvalue weighted by molar-refractivity contribution is 0.0590. The molecule has 0 amide bonds. The van der Waals surface area contributed by atoms with Crippen LogP contribution in [0.25, 0.3) is 17.1 Å². The third-order valence-electron chi connectivity index (χ3n) is 4.58. The van der Waals surface area contributed by atoms with E-state index >= 15 is 0 Å². The SMILES string of the molecule is COC(=O)c1nc(N2CCOCC2)nc(-c2ccn(-c3ccccc3)n2)c1OC. The molecule has 0 N–H and O–H groups in total. The van der Waals surface area contributed by atoms with E-state index in [0.717, 1.165) is 5.69 Å². The van der Waals surface area contributed by atoms with Crippen LogP contribution in [0.4, 0.5) is 5.95 Å². The molecule has 9 nitrogen and oxygen atoms in total. The molecule has 1 aromatic carbocycles. The number of nitrogens with zero attached hydrogens (tertiary/aromatic N) is 5. The van der Waals surface area contributed by atoms with Crippen molar-refractivity contribution in [3.8, 4) is 22.8 Å². The van der Waals surface area contributed by atoms with Crippen LogP contribution in [0.1, 0.15) is 10.5 Å². The first-order valence-corrected chi connectivity index (χ1v) is 9.19. The van der Waals surface area contributed by atoms with Gasteiger partial charge in [-0.15, -0.1) is 0 Å². The number of aromatic nitrogens is 4. The van der Waals surface area contributed by atoms with E-state index in [1.54, 1.807) is 4.68 Å². The molecule has 3 heterocycles. The van der Waals surface area contributed by atoms with Gasteiger partial charge in [0, 0.05) is 19.3 Å². The lowest BCUT2D eigenvalue weighted by Crippen LogP contribution is -2.37. The Hall–Kier alpha value is -3.46. The first-order valence-electron chi connectivity index (χ1n) is 9.19. The summed E-state index contributed by atoms with van der Waals surface area (Å²) >= 11 is 0. The summed E-state index contributed by atoms with van der Waals surface area (Å²) in [5, 5.41) is 4.62. The molecular formula is C20H21N5O4. The highest BCUT2D eigenvalue weighted by Crippen LogP contribution is 2.32. The van der Waals surface area contributed by atoms with Crippen molar-refractivity contribution in [1.29, 1.82) is 0 Å². The van der Waals surface area contributed by atoms with Crippen LogP contribution < -0.4 is 9.64 Å². The quantitative estimate of drug-likeness (QED) is 0.606. The van der Waals surface area contributed by atoms with Crippen molar-refractivity contribution in [3.05, 3.63) is 48.3 Å². The second-order valence-electron chi connectivity index (χ2n) is 6.33. The first kappa shape index (κ1) is 18.9. The van der Waals surface area contributed by atoms with Crippen LogP contribution in [0.2, 0.25) is 0 Å². The largest absolute Gasteiger partial charge is 0.492 e. The van der Waals surface area contributed by atoms with Crippen molar-refractivity contribution in [2.45, 2.75) is 0 Å². The highest BCUT2D eigenvalue weighted by molar-refractivity contribution is 5.93. The number of carbonyl (C=O) groups excluding carboxylic acids is 1. The van der Waals surface area contributed by atoms with Gasteiger partial charge in [0.25, 0.3) is 0 Å². The molecule has 150 valence electrons. The van der Waals surface area contributed by atoms with E-state index in [4.69, 9.17) is 14.2 Å². The molecule has 1 aliphatic rings.